The Kier molecular flexibility index (Phi) is 6.49. The van der Waals surface area contributed by atoms with Crippen molar-refractivity contribution in [2.24, 2.45) is 0 Å². The van der Waals surface area contributed by atoms with E-state index in [1.165, 1.54) is 32.2 Å². The maximum Gasteiger partial charge on any atom is 0.273 e. The Morgan fingerprint density at radius 3 is 2.54 bits per heavy atom. The number of carbonyl (C=O) groups excluding carboxylic acids is 1. The van der Waals surface area contributed by atoms with Gasteiger partial charge >= 0.3 is 0 Å². The molecule has 0 aromatic heterocycles. The third-order valence-corrected chi connectivity index (χ3v) is 5.04. The second-order valence-corrected chi connectivity index (χ2v) is 7.56. The second kappa shape index (κ2) is 8.63. The average molecular weight is 405 g/mol. The van der Waals surface area contributed by atoms with Gasteiger partial charge in [-0.2, -0.15) is 0 Å². The smallest absolute Gasteiger partial charge is 0.273 e. The van der Waals surface area contributed by atoms with Crippen LogP contribution in [-0.2, 0) is 14.8 Å². The van der Waals surface area contributed by atoms with Gasteiger partial charge in [0.2, 0.25) is 0 Å². The quantitative estimate of drug-likeness (QED) is 0.413. The molecule has 0 radical (unpaired) electrons. The Morgan fingerprint density at radius 2 is 1.89 bits per heavy atom. The molecule has 28 heavy (non-hydrogen) atoms. The summed E-state index contributed by atoms with van der Waals surface area (Å²) < 4.78 is 29.7. The number of nitrogens with one attached hydrogen (secondary N) is 2. The summed E-state index contributed by atoms with van der Waals surface area (Å²) in [7, 11) is -2.68. The minimum atomic E-state index is -4.18. The summed E-state index contributed by atoms with van der Waals surface area (Å²) in [5.74, 6) is -0.170. The van der Waals surface area contributed by atoms with Crippen molar-refractivity contribution in [3.63, 3.8) is 0 Å². The first kappa shape index (κ1) is 21.1. The summed E-state index contributed by atoms with van der Waals surface area (Å²) in [6.45, 7) is 3.37. The van der Waals surface area contributed by atoms with Crippen LogP contribution in [0.25, 0.3) is 6.08 Å². The number of nitro groups is 1. The molecule has 0 saturated heterocycles. The number of nitro benzene ring substituents is 1. The number of carbonyl (C=O) groups is 1. The van der Waals surface area contributed by atoms with E-state index in [2.05, 4.69) is 0 Å². The molecule has 9 nitrogen and oxygen atoms in total. The summed E-state index contributed by atoms with van der Waals surface area (Å²) in [4.78, 5) is 23.8. The van der Waals surface area contributed by atoms with Crippen molar-refractivity contribution in [1.29, 1.82) is 0 Å². The fourth-order valence-corrected chi connectivity index (χ4v) is 3.19. The van der Waals surface area contributed by atoms with Crippen molar-refractivity contribution in [2.75, 3.05) is 7.11 Å². The molecule has 0 fully saturated rings. The Morgan fingerprint density at radius 1 is 1.18 bits per heavy atom. The number of ether oxygens (including phenoxy) is 1. The van der Waals surface area contributed by atoms with Crippen molar-refractivity contribution in [2.45, 2.75) is 18.7 Å². The lowest BCUT2D eigenvalue weighted by Crippen LogP contribution is -2.40. The Bertz CT molecular complexity index is 1050. The van der Waals surface area contributed by atoms with Crippen LogP contribution in [0.1, 0.15) is 16.7 Å². The molecule has 2 rings (SSSR count). The Balaban J connectivity index is 2.11. The first-order chi connectivity index (χ1) is 13.1. The van der Waals surface area contributed by atoms with Gasteiger partial charge in [-0.1, -0.05) is 17.7 Å². The lowest BCUT2D eigenvalue weighted by molar-refractivity contribution is -0.385. The standard InChI is InChI=1S/C18H19N3O6S/c1-12-4-8-17(27-3)14(10-12)6-9-18(22)19-20-28(25,26)15-7-5-13(2)16(11-15)21(23)24/h4-11,20H,1-3H3,(H,19,22)/b9-6+. The molecule has 0 aliphatic rings. The summed E-state index contributed by atoms with van der Waals surface area (Å²) in [5.41, 5.74) is 3.63. The molecule has 10 heteroatoms. The Hall–Kier alpha value is -3.24. The highest BCUT2D eigenvalue weighted by Gasteiger charge is 2.20. The van der Waals surface area contributed by atoms with E-state index in [0.717, 1.165) is 17.7 Å². The van der Waals surface area contributed by atoms with Gasteiger partial charge < -0.3 is 4.74 Å². The number of rotatable bonds is 7. The number of nitrogens with zero attached hydrogens (tertiary/aromatic N) is 1. The fourth-order valence-electron chi connectivity index (χ4n) is 2.32. The largest absolute Gasteiger partial charge is 0.496 e. The molecule has 0 heterocycles. The zero-order valence-corrected chi connectivity index (χ0v) is 16.2. The number of hydrogen-bond acceptors (Lipinski definition) is 6. The van der Waals surface area contributed by atoms with Crippen molar-refractivity contribution < 1.29 is 22.9 Å². The van der Waals surface area contributed by atoms with E-state index >= 15 is 0 Å². The zero-order chi connectivity index (χ0) is 20.9. The van der Waals surface area contributed by atoms with Gasteiger partial charge in [-0.3, -0.25) is 20.3 Å². The molecule has 0 spiro atoms. The van der Waals surface area contributed by atoms with E-state index in [0.29, 0.717) is 16.9 Å². The third kappa shape index (κ3) is 5.15. The van der Waals surface area contributed by atoms with Crippen LogP contribution in [-0.4, -0.2) is 26.4 Å². The van der Waals surface area contributed by atoms with E-state index in [4.69, 9.17) is 4.74 Å². The molecule has 148 valence electrons. The van der Waals surface area contributed by atoms with Crippen LogP contribution in [0.5, 0.6) is 5.75 Å². The summed E-state index contributed by atoms with van der Waals surface area (Å²) >= 11 is 0. The zero-order valence-electron chi connectivity index (χ0n) is 15.4. The highest BCUT2D eigenvalue weighted by atomic mass is 32.2. The summed E-state index contributed by atoms with van der Waals surface area (Å²) in [6, 6.07) is 8.86. The molecule has 1 amide bonds. The SMILES string of the molecule is COc1ccc(C)cc1/C=C/C(=O)NNS(=O)(=O)c1ccc(C)c([N+](=O)[O-])c1. The molecule has 2 N–H and O–H groups in total. The fraction of sp³-hybridized carbons (Fsp3) is 0.167. The molecule has 0 unspecified atom stereocenters. The molecular formula is C18H19N3O6S. The van der Waals surface area contributed by atoms with E-state index < -0.39 is 20.9 Å². The van der Waals surface area contributed by atoms with Crippen LogP contribution in [0.4, 0.5) is 5.69 Å². The topological polar surface area (TPSA) is 128 Å². The second-order valence-electron chi connectivity index (χ2n) is 5.88. The average Bonchev–Trinajstić information content (AvgIpc) is 2.64. The molecule has 0 aliphatic carbocycles. The normalized spacial score (nSPS) is 11.4. The van der Waals surface area contributed by atoms with Gasteiger partial charge in [0.05, 0.1) is 16.9 Å². The lowest BCUT2D eigenvalue weighted by Gasteiger charge is -2.08. The maximum absolute atomic E-state index is 12.2. The van der Waals surface area contributed by atoms with E-state index in [1.54, 1.807) is 12.1 Å². The summed E-state index contributed by atoms with van der Waals surface area (Å²) in [6.07, 6.45) is 2.61. The van der Waals surface area contributed by atoms with Crippen LogP contribution in [0.3, 0.4) is 0 Å². The van der Waals surface area contributed by atoms with Crippen molar-refractivity contribution in [3.05, 3.63) is 69.3 Å². The molecule has 0 atom stereocenters. The first-order valence-corrected chi connectivity index (χ1v) is 9.52. The molecule has 0 saturated carbocycles. The van der Waals surface area contributed by atoms with E-state index in [9.17, 15) is 23.3 Å². The van der Waals surface area contributed by atoms with Gasteiger partial charge in [0.15, 0.2) is 0 Å². The number of amides is 1. The minimum absolute atomic E-state index is 0.322. The molecule has 0 bridgehead atoms. The lowest BCUT2D eigenvalue weighted by atomic mass is 10.1. The monoisotopic (exact) mass is 405 g/mol. The molecule has 2 aromatic rings. The highest BCUT2D eigenvalue weighted by Crippen LogP contribution is 2.22. The minimum Gasteiger partial charge on any atom is -0.496 e. The van der Waals surface area contributed by atoms with Gasteiger partial charge in [0.1, 0.15) is 5.75 Å². The van der Waals surface area contributed by atoms with Crippen LogP contribution in [0.2, 0.25) is 0 Å². The van der Waals surface area contributed by atoms with Gasteiger partial charge in [-0.25, -0.2) is 8.42 Å². The van der Waals surface area contributed by atoms with Gasteiger partial charge in [0, 0.05) is 23.3 Å². The molecule has 2 aromatic carbocycles. The van der Waals surface area contributed by atoms with Crippen LogP contribution in [0, 0.1) is 24.0 Å². The number of hydrazine groups is 1. The third-order valence-electron chi connectivity index (χ3n) is 3.80. The van der Waals surface area contributed by atoms with Crippen LogP contribution >= 0.6 is 0 Å². The number of aryl methyl sites for hydroxylation is 2. The van der Waals surface area contributed by atoms with E-state index in [-0.39, 0.29) is 10.6 Å². The van der Waals surface area contributed by atoms with Gasteiger partial charge in [-0.15, -0.1) is 4.83 Å². The highest BCUT2D eigenvalue weighted by molar-refractivity contribution is 7.89. The first-order valence-electron chi connectivity index (χ1n) is 8.03. The number of hydrogen-bond donors (Lipinski definition) is 2. The van der Waals surface area contributed by atoms with Crippen LogP contribution < -0.4 is 15.0 Å². The van der Waals surface area contributed by atoms with Crippen molar-refractivity contribution >= 4 is 27.7 Å². The van der Waals surface area contributed by atoms with Crippen molar-refractivity contribution in [1.82, 2.24) is 10.3 Å². The van der Waals surface area contributed by atoms with Gasteiger partial charge in [0.25, 0.3) is 21.6 Å². The number of methoxy groups -OCH3 is 1. The van der Waals surface area contributed by atoms with Crippen LogP contribution in [0.15, 0.2) is 47.4 Å². The van der Waals surface area contributed by atoms with Gasteiger partial charge in [-0.05, 0) is 38.1 Å². The number of benzene rings is 2. The van der Waals surface area contributed by atoms with Crippen molar-refractivity contribution in [3.8, 4) is 5.75 Å². The predicted molar refractivity (Wildman–Crippen MR) is 103 cm³/mol. The molecule has 0 aliphatic heterocycles. The Labute approximate surface area is 162 Å². The maximum atomic E-state index is 12.2. The molecular weight excluding hydrogens is 386 g/mol. The number of sulfonamides is 1. The van der Waals surface area contributed by atoms with E-state index in [1.807, 2.05) is 23.2 Å². The summed E-state index contributed by atoms with van der Waals surface area (Å²) in [5, 5.41) is 11.0. The predicted octanol–water partition coefficient (Wildman–Crippen LogP) is 2.24.